The summed E-state index contributed by atoms with van der Waals surface area (Å²) in [6, 6.07) is 1.74. The molecule has 0 spiro atoms. The van der Waals surface area contributed by atoms with Gasteiger partial charge in [-0.3, -0.25) is 9.00 Å². The van der Waals surface area contributed by atoms with Gasteiger partial charge >= 0.3 is 0 Å². The molecule has 1 aromatic heterocycles. The first-order valence-corrected chi connectivity index (χ1v) is 7.84. The zero-order chi connectivity index (χ0) is 13.5. The van der Waals surface area contributed by atoms with E-state index in [1.807, 2.05) is 6.92 Å². The molecule has 2 unspecified atom stereocenters. The number of aliphatic hydroxyl groups excluding tert-OH is 1. The smallest absolute Gasteiger partial charge is 0.262 e. The summed E-state index contributed by atoms with van der Waals surface area (Å²) in [6.45, 7) is 1.95. The number of hydrogen-bond donors (Lipinski definition) is 2. The van der Waals surface area contributed by atoms with Gasteiger partial charge in [-0.15, -0.1) is 11.3 Å². The minimum atomic E-state index is -0.956. The molecule has 2 N–H and O–H groups in total. The lowest BCUT2D eigenvalue weighted by atomic mass is 10.2. The maximum Gasteiger partial charge on any atom is 0.262 e. The van der Waals surface area contributed by atoms with Gasteiger partial charge in [0.15, 0.2) is 0 Å². The highest BCUT2D eigenvalue weighted by molar-refractivity contribution is 7.84. The molecule has 1 amide bonds. The van der Waals surface area contributed by atoms with Crippen LogP contribution in [0.5, 0.6) is 0 Å². The van der Waals surface area contributed by atoms with E-state index in [1.165, 1.54) is 11.3 Å². The van der Waals surface area contributed by atoms with Crippen molar-refractivity contribution in [3.63, 3.8) is 0 Å². The number of rotatable bonds is 4. The second kappa shape index (κ2) is 7.31. The average Bonchev–Trinajstić information content (AvgIpc) is 2.81. The SMILES string of the molecule is CC(CNC(=O)c1sccc1C#CCO)S(C)=O. The molecular formula is C12H15NO3S2. The highest BCUT2D eigenvalue weighted by atomic mass is 32.2. The molecule has 0 bridgehead atoms. The summed E-state index contributed by atoms with van der Waals surface area (Å²) in [5.74, 6) is 5.02. The van der Waals surface area contributed by atoms with Gasteiger partial charge in [-0.1, -0.05) is 11.8 Å². The van der Waals surface area contributed by atoms with Crippen LogP contribution >= 0.6 is 11.3 Å². The van der Waals surface area contributed by atoms with Crippen molar-refractivity contribution in [2.45, 2.75) is 12.2 Å². The molecule has 1 rings (SSSR count). The third-order valence-electron chi connectivity index (χ3n) is 2.29. The van der Waals surface area contributed by atoms with E-state index < -0.39 is 10.8 Å². The van der Waals surface area contributed by atoms with Gasteiger partial charge in [-0.2, -0.15) is 0 Å². The fourth-order valence-electron chi connectivity index (χ4n) is 1.15. The molecule has 0 aromatic carbocycles. The Morgan fingerprint density at radius 2 is 2.39 bits per heavy atom. The van der Waals surface area contributed by atoms with Crippen LogP contribution in [-0.2, 0) is 10.8 Å². The summed E-state index contributed by atoms with van der Waals surface area (Å²) in [4.78, 5) is 12.4. The summed E-state index contributed by atoms with van der Waals surface area (Å²) in [6.07, 6.45) is 1.61. The van der Waals surface area contributed by atoms with Crippen molar-refractivity contribution in [3.05, 3.63) is 21.9 Å². The van der Waals surface area contributed by atoms with Crippen LogP contribution in [-0.4, -0.2) is 39.9 Å². The molecule has 0 aliphatic rings. The molecule has 0 fully saturated rings. The lowest BCUT2D eigenvalue weighted by Gasteiger charge is -2.09. The van der Waals surface area contributed by atoms with Crippen LogP contribution in [0.2, 0.25) is 0 Å². The maximum atomic E-state index is 11.9. The molecule has 4 nitrogen and oxygen atoms in total. The van der Waals surface area contributed by atoms with Gasteiger partial charge in [-0.05, 0) is 18.4 Å². The van der Waals surface area contributed by atoms with Crippen LogP contribution in [0.4, 0.5) is 0 Å². The Balaban J connectivity index is 2.67. The summed E-state index contributed by atoms with van der Waals surface area (Å²) in [5.41, 5.74) is 0.608. The minimum absolute atomic E-state index is 0.0825. The summed E-state index contributed by atoms with van der Waals surface area (Å²) in [5, 5.41) is 13.1. The Labute approximate surface area is 113 Å². The average molecular weight is 285 g/mol. The molecule has 1 heterocycles. The summed E-state index contributed by atoms with van der Waals surface area (Å²) >= 11 is 1.30. The van der Waals surface area contributed by atoms with E-state index in [4.69, 9.17) is 5.11 Å². The first-order chi connectivity index (χ1) is 8.56. The standard InChI is InChI=1S/C12H15NO3S2/c1-9(18(2)16)8-13-12(15)11-10(4-3-6-14)5-7-17-11/h5,7,9,14H,6,8H2,1-2H3,(H,13,15). The van der Waals surface area contributed by atoms with Crippen LogP contribution in [0.15, 0.2) is 11.4 Å². The van der Waals surface area contributed by atoms with Gasteiger partial charge < -0.3 is 10.4 Å². The van der Waals surface area contributed by atoms with Crippen molar-refractivity contribution < 1.29 is 14.1 Å². The monoisotopic (exact) mass is 285 g/mol. The zero-order valence-electron chi connectivity index (χ0n) is 10.2. The normalized spacial score (nSPS) is 13.3. The van der Waals surface area contributed by atoms with Crippen molar-refractivity contribution in [3.8, 4) is 11.8 Å². The second-order valence-corrected chi connectivity index (χ2v) is 6.36. The van der Waals surface area contributed by atoms with Crippen LogP contribution in [0.25, 0.3) is 0 Å². The van der Waals surface area contributed by atoms with E-state index >= 15 is 0 Å². The fourth-order valence-corrected chi connectivity index (χ4v) is 2.24. The number of carbonyl (C=O) groups is 1. The Hall–Kier alpha value is -1.16. The molecule has 0 aliphatic heterocycles. The number of nitrogens with one attached hydrogen (secondary N) is 1. The topological polar surface area (TPSA) is 66.4 Å². The Morgan fingerprint density at radius 3 is 3.00 bits per heavy atom. The number of aliphatic hydroxyl groups is 1. The molecule has 0 saturated heterocycles. The second-order valence-electron chi connectivity index (χ2n) is 3.64. The minimum Gasteiger partial charge on any atom is -0.384 e. The third-order valence-corrected chi connectivity index (χ3v) is 4.50. The Morgan fingerprint density at radius 1 is 1.67 bits per heavy atom. The lowest BCUT2D eigenvalue weighted by Crippen LogP contribution is -2.32. The van der Waals surface area contributed by atoms with Crippen molar-refractivity contribution in [1.82, 2.24) is 5.32 Å². The first-order valence-electron chi connectivity index (χ1n) is 5.34. The lowest BCUT2D eigenvalue weighted by molar-refractivity contribution is 0.0958. The van der Waals surface area contributed by atoms with E-state index in [-0.39, 0.29) is 17.8 Å². The predicted molar refractivity (Wildman–Crippen MR) is 74.1 cm³/mol. The van der Waals surface area contributed by atoms with Gasteiger partial charge in [0.1, 0.15) is 11.5 Å². The van der Waals surface area contributed by atoms with E-state index in [0.717, 1.165) is 0 Å². The van der Waals surface area contributed by atoms with Crippen LogP contribution in [0, 0.1) is 11.8 Å². The summed E-state index contributed by atoms with van der Waals surface area (Å²) < 4.78 is 11.2. The molecule has 0 radical (unpaired) electrons. The number of thiophene rings is 1. The quantitative estimate of drug-likeness (QED) is 0.796. The molecule has 98 valence electrons. The highest BCUT2D eigenvalue weighted by Gasteiger charge is 2.13. The van der Waals surface area contributed by atoms with Crippen LogP contribution in [0.1, 0.15) is 22.2 Å². The molecule has 18 heavy (non-hydrogen) atoms. The zero-order valence-corrected chi connectivity index (χ0v) is 11.9. The maximum absolute atomic E-state index is 11.9. The molecule has 6 heteroatoms. The number of hydrogen-bond acceptors (Lipinski definition) is 4. The Bertz CT molecular complexity index is 499. The van der Waals surface area contributed by atoms with Crippen molar-refractivity contribution in [2.24, 2.45) is 0 Å². The third kappa shape index (κ3) is 4.26. The number of carbonyl (C=O) groups excluding carboxylic acids is 1. The van der Waals surface area contributed by atoms with Gasteiger partial charge in [0.25, 0.3) is 5.91 Å². The van der Waals surface area contributed by atoms with Crippen molar-refractivity contribution in [2.75, 3.05) is 19.4 Å². The summed E-state index contributed by atoms with van der Waals surface area (Å²) in [7, 11) is -0.956. The van der Waals surface area contributed by atoms with Crippen molar-refractivity contribution in [1.29, 1.82) is 0 Å². The first kappa shape index (κ1) is 14.9. The van der Waals surface area contributed by atoms with Crippen LogP contribution in [0.3, 0.4) is 0 Å². The van der Waals surface area contributed by atoms with E-state index in [1.54, 1.807) is 17.7 Å². The predicted octanol–water partition coefficient (Wildman–Crippen LogP) is 0.589. The Kier molecular flexibility index (Phi) is 6.05. The highest BCUT2D eigenvalue weighted by Crippen LogP contribution is 2.15. The molecular weight excluding hydrogens is 270 g/mol. The molecule has 2 atom stereocenters. The van der Waals surface area contributed by atoms with Gasteiger partial charge in [0.05, 0.1) is 0 Å². The molecule has 1 aromatic rings. The van der Waals surface area contributed by atoms with Crippen molar-refractivity contribution >= 4 is 28.0 Å². The van der Waals surface area contributed by atoms with E-state index in [0.29, 0.717) is 17.0 Å². The fraction of sp³-hybridized carbons (Fsp3) is 0.417. The molecule has 0 saturated carbocycles. The van der Waals surface area contributed by atoms with E-state index in [2.05, 4.69) is 17.2 Å². The number of amides is 1. The van der Waals surface area contributed by atoms with Gasteiger partial charge in [0, 0.05) is 34.4 Å². The largest absolute Gasteiger partial charge is 0.384 e. The van der Waals surface area contributed by atoms with E-state index in [9.17, 15) is 9.00 Å². The van der Waals surface area contributed by atoms with Gasteiger partial charge in [-0.25, -0.2) is 0 Å². The van der Waals surface area contributed by atoms with Gasteiger partial charge in [0.2, 0.25) is 0 Å². The van der Waals surface area contributed by atoms with Crippen LogP contribution < -0.4 is 5.32 Å². The molecule has 0 aliphatic carbocycles.